The number of hydrogen-bond donors (Lipinski definition) is 1. The van der Waals surface area contributed by atoms with Gasteiger partial charge in [0, 0.05) is 17.1 Å². The fraction of sp³-hybridized carbons (Fsp3) is 0.500. The lowest BCUT2D eigenvalue weighted by molar-refractivity contribution is -0.125. The number of aromatic nitrogens is 1. The van der Waals surface area contributed by atoms with Gasteiger partial charge < -0.3 is 10.1 Å². The number of carbonyl (C=O) groups is 2. The average Bonchev–Trinajstić information content (AvgIpc) is 2.64. The number of benzene rings is 1. The predicted molar refractivity (Wildman–Crippen MR) is 106 cm³/mol. The van der Waals surface area contributed by atoms with Crippen LogP contribution in [0.3, 0.4) is 0 Å². The first-order valence-electron chi connectivity index (χ1n) is 9.73. The maximum Gasteiger partial charge on any atom is 0.339 e. The van der Waals surface area contributed by atoms with Crippen LogP contribution in [-0.2, 0) is 22.4 Å². The molecule has 1 heterocycles. The highest BCUT2D eigenvalue weighted by atomic mass is 16.5. The van der Waals surface area contributed by atoms with Crippen molar-refractivity contribution in [1.82, 2.24) is 10.3 Å². The van der Waals surface area contributed by atoms with E-state index in [-0.39, 0.29) is 18.6 Å². The molecular weight excluding hydrogens is 340 g/mol. The molecule has 0 fully saturated rings. The minimum atomic E-state index is -0.439. The van der Waals surface area contributed by atoms with E-state index in [2.05, 4.69) is 12.2 Å². The van der Waals surface area contributed by atoms with Gasteiger partial charge in [0.25, 0.3) is 5.91 Å². The lowest BCUT2D eigenvalue weighted by Gasteiger charge is -2.24. The van der Waals surface area contributed by atoms with E-state index >= 15 is 0 Å². The smallest absolute Gasteiger partial charge is 0.339 e. The number of aryl methyl sites for hydroxylation is 1. The molecule has 0 saturated carbocycles. The van der Waals surface area contributed by atoms with Crippen molar-refractivity contribution in [3.8, 4) is 0 Å². The highest BCUT2D eigenvalue weighted by molar-refractivity contribution is 6.05. The monoisotopic (exact) mass is 368 g/mol. The summed E-state index contributed by atoms with van der Waals surface area (Å²) in [6.45, 7) is 7.93. The highest BCUT2D eigenvalue weighted by Crippen LogP contribution is 2.31. The van der Waals surface area contributed by atoms with Crippen LogP contribution in [0, 0.1) is 11.8 Å². The van der Waals surface area contributed by atoms with E-state index in [0.717, 1.165) is 41.4 Å². The summed E-state index contributed by atoms with van der Waals surface area (Å²) in [5.41, 5.74) is 3.34. The first kappa shape index (κ1) is 19.3. The normalized spacial score (nSPS) is 17.4. The first-order valence-corrected chi connectivity index (χ1v) is 9.73. The number of nitrogens with zero attached hydrogens (tertiary/aromatic N) is 1. The Morgan fingerprint density at radius 1 is 1.26 bits per heavy atom. The van der Waals surface area contributed by atoms with Gasteiger partial charge in [-0.2, -0.15) is 0 Å². The molecule has 0 unspecified atom stereocenters. The molecule has 1 aliphatic rings. The minimum Gasteiger partial charge on any atom is -0.452 e. The maximum absolute atomic E-state index is 12.9. The van der Waals surface area contributed by atoms with E-state index in [1.807, 2.05) is 45.0 Å². The molecule has 144 valence electrons. The van der Waals surface area contributed by atoms with Crippen molar-refractivity contribution >= 4 is 22.8 Å². The van der Waals surface area contributed by atoms with Gasteiger partial charge in [-0.15, -0.1) is 0 Å². The third kappa shape index (κ3) is 4.29. The average molecular weight is 368 g/mol. The number of fused-ring (bicyclic) bond motifs is 2. The summed E-state index contributed by atoms with van der Waals surface area (Å²) >= 11 is 0. The van der Waals surface area contributed by atoms with Gasteiger partial charge in [0.15, 0.2) is 6.61 Å². The van der Waals surface area contributed by atoms with E-state index in [1.165, 1.54) is 0 Å². The van der Waals surface area contributed by atoms with Crippen molar-refractivity contribution in [1.29, 1.82) is 0 Å². The second-order valence-corrected chi connectivity index (χ2v) is 7.95. The van der Waals surface area contributed by atoms with E-state index in [9.17, 15) is 9.59 Å². The van der Waals surface area contributed by atoms with Crippen LogP contribution in [0.1, 0.15) is 55.7 Å². The molecule has 5 heteroatoms. The number of hydrogen-bond acceptors (Lipinski definition) is 4. The van der Waals surface area contributed by atoms with Gasteiger partial charge in [0.2, 0.25) is 0 Å². The predicted octanol–water partition coefficient (Wildman–Crippen LogP) is 3.68. The van der Waals surface area contributed by atoms with Crippen molar-refractivity contribution in [2.45, 2.75) is 53.0 Å². The fourth-order valence-electron chi connectivity index (χ4n) is 3.46. The molecule has 0 radical (unpaired) electrons. The maximum atomic E-state index is 12.9. The molecule has 0 saturated heterocycles. The Hall–Kier alpha value is -2.43. The molecule has 3 rings (SSSR count). The van der Waals surface area contributed by atoms with Crippen LogP contribution in [0.2, 0.25) is 0 Å². The van der Waals surface area contributed by atoms with Crippen molar-refractivity contribution in [3.63, 3.8) is 0 Å². The summed E-state index contributed by atoms with van der Waals surface area (Å²) in [7, 11) is 0. The van der Waals surface area contributed by atoms with E-state index in [0.29, 0.717) is 17.4 Å². The van der Waals surface area contributed by atoms with Gasteiger partial charge in [-0.25, -0.2) is 4.79 Å². The Morgan fingerprint density at radius 2 is 2.00 bits per heavy atom. The van der Waals surface area contributed by atoms with Crippen LogP contribution < -0.4 is 5.32 Å². The van der Waals surface area contributed by atoms with Crippen molar-refractivity contribution in [2.75, 3.05) is 6.61 Å². The summed E-state index contributed by atoms with van der Waals surface area (Å²) in [5.74, 6) is 0.112. The molecule has 1 N–H and O–H groups in total. The Balaban J connectivity index is 1.85. The van der Waals surface area contributed by atoms with Gasteiger partial charge in [-0.05, 0) is 49.7 Å². The third-order valence-electron chi connectivity index (χ3n) is 5.43. The van der Waals surface area contributed by atoms with Crippen LogP contribution in [0.25, 0.3) is 10.9 Å². The van der Waals surface area contributed by atoms with E-state index < -0.39 is 5.97 Å². The molecule has 1 aromatic heterocycles. The molecule has 5 nitrogen and oxygen atoms in total. The van der Waals surface area contributed by atoms with E-state index in [4.69, 9.17) is 9.72 Å². The van der Waals surface area contributed by atoms with Gasteiger partial charge >= 0.3 is 5.97 Å². The number of para-hydroxylation sites is 1. The molecule has 27 heavy (non-hydrogen) atoms. The van der Waals surface area contributed by atoms with Gasteiger partial charge in [-0.3, -0.25) is 9.78 Å². The molecule has 1 amide bonds. The third-order valence-corrected chi connectivity index (χ3v) is 5.43. The quantitative estimate of drug-likeness (QED) is 0.818. The summed E-state index contributed by atoms with van der Waals surface area (Å²) in [6.07, 6.45) is 2.75. The molecule has 0 spiro atoms. The number of ether oxygens (including phenoxy) is 1. The molecule has 2 aromatic rings. The lowest BCUT2D eigenvalue weighted by Crippen LogP contribution is -2.38. The van der Waals surface area contributed by atoms with Crippen molar-refractivity contribution in [3.05, 3.63) is 41.1 Å². The topological polar surface area (TPSA) is 68.3 Å². The number of esters is 1. The number of pyridine rings is 1. The van der Waals surface area contributed by atoms with Gasteiger partial charge in [-0.1, -0.05) is 39.0 Å². The Kier molecular flexibility index (Phi) is 5.78. The summed E-state index contributed by atoms with van der Waals surface area (Å²) in [5, 5.41) is 3.66. The van der Waals surface area contributed by atoms with Crippen molar-refractivity contribution in [2.24, 2.45) is 11.8 Å². The standard InChI is InChI=1S/C22H28N2O3/c1-13(2)15(4)23-20(25)12-27-22(26)21-16-7-5-6-8-18(16)24-19-10-9-14(3)11-17(19)21/h5-8,13-15H,9-12H2,1-4H3,(H,23,25)/t14-,15-/m1/s1. The first-order chi connectivity index (χ1) is 12.9. The number of amides is 1. The summed E-state index contributed by atoms with van der Waals surface area (Å²) in [6, 6.07) is 7.67. The highest BCUT2D eigenvalue weighted by Gasteiger charge is 2.26. The zero-order chi connectivity index (χ0) is 19.6. The number of rotatable bonds is 5. The lowest BCUT2D eigenvalue weighted by atomic mass is 9.84. The van der Waals surface area contributed by atoms with Crippen LogP contribution in [-0.4, -0.2) is 29.5 Å². The van der Waals surface area contributed by atoms with Crippen LogP contribution in [0.5, 0.6) is 0 Å². The zero-order valence-corrected chi connectivity index (χ0v) is 16.5. The molecule has 0 bridgehead atoms. The number of nitrogens with one attached hydrogen (secondary N) is 1. The summed E-state index contributed by atoms with van der Waals surface area (Å²) in [4.78, 5) is 29.8. The Morgan fingerprint density at radius 3 is 2.74 bits per heavy atom. The fourth-order valence-corrected chi connectivity index (χ4v) is 3.46. The minimum absolute atomic E-state index is 0.0339. The Bertz CT molecular complexity index is 860. The van der Waals surface area contributed by atoms with Crippen LogP contribution in [0.4, 0.5) is 0 Å². The molecule has 1 aliphatic carbocycles. The Labute approximate surface area is 160 Å². The molecule has 1 aromatic carbocycles. The second kappa shape index (κ2) is 8.07. The van der Waals surface area contributed by atoms with Gasteiger partial charge in [0.05, 0.1) is 11.1 Å². The summed E-state index contributed by atoms with van der Waals surface area (Å²) < 4.78 is 5.40. The van der Waals surface area contributed by atoms with Gasteiger partial charge in [0.1, 0.15) is 0 Å². The largest absolute Gasteiger partial charge is 0.452 e. The second-order valence-electron chi connectivity index (χ2n) is 7.95. The zero-order valence-electron chi connectivity index (χ0n) is 16.5. The number of carbonyl (C=O) groups excluding carboxylic acids is 2. The van der Waals surface area contributed by atoms with Crippen molar-refractivity contribution < 1.29 is 14.3 Å². The van der Waals surface area contributed by atoms with E-state index in [1.54, 1.807) is 0 Å². The SMILES string of the molecule is CC(C)[C@@H](C)NC(=O)COC(=O)c1c2c(nc3ccccc13)CC[C@@H](C)C2. The molecule has 2 atom stereocenters. The van der Waals surface area contributed by atoms with Crippen LogP contribution >= 0.6 is 0 Å². The van der Waals surface area contributed by atoms with Crippen LogP contribution in [0.15, 0.2) is 24.3 Å². The molecular formula is C22H28N2O3. The molecule has 0 aliphatic heterocycles.